The van der Waals surface area contributed by atoms with E-state index < -0.39 is 0 Å². The zero-order valence-corrected chi connectivity index (χ0v) is 9.19. The third-order valence-corrected chi connectivity index (χ3v) is 4.35. The summed E-state index contributed by atoms with van der Waals surface area (Å²) in [5, 5.41) is 0. The molecule has 0 radical (unpaired) electrons. The van der Waals surface area contributed by atoms with Gasteiger partial charge in [0.2, 0.25) is 0 Å². The van der Waals surface area contributed by atoms with Crippen LogP contribution in [-0.2, 0) is 0 Å². The second kappa shape index (κ2) is 3.35. The predicted octanol–water partition coefficient (Wildman–Crippen LogP) is 1.50. The van der Waals surface area contributed by atoms with Crippen LogP contribution in [0.3, 0.4) is 0 Å². The molecule has 82 valence electrons. The topological polar surface area (TPSA) is 45.0 Å². The third kappa shape index (κ3) is 1.34. The molecule has 1 saturated heterocycles. The molecule has 0 amide bonds. The molecular weight excluding hydrogens is 186 g/mol. The molecule has 3 heteroatoms. The smallest absolute Gasteiger partial charge is 0.0470 e. The Hall–Kier alpha value is -0.800. The number of nitrogens with two attached hydrogens (primary N) is 1. The zero-order chi connectivity index (χ0) is 10.4. The standard InChI is InChI=1S/C12H19N3/c1-15-10-3-2-8(6-10)12(15)11(13)9-4-5-14-7-9/h4-5,7-8,10-12,14H,2-3,6,13H2,1H3. The van der Waals surface area contributed by atoms with Gasteiger partial charge in [-0.3, -0.25) is 4.90 Å². The number of H-pyrrole nitrogens is 1. The quantitative estimate of drug-likeness (QED) is 0.768. The van der Waals surface area contributed by atoms with Crippen LogP contribution in [-0.4, -0.2) is 29.0 Å². The van der Waals surface area contributed by atoms with Gasteiger partial charge in [-0.05, 0) is 43.9 Å². The normalized spacial score (nSPS) is 37.3. The molecule has 1 aliphatic carbocycles. The van der Waals surface area contributed by atoms with Crippen LogP contribution < -0.4 is 5.73 Å². The van der Waals surface area contributed by atoms with E-state index in [1.807, 2.05) is 12.4 Å². The first-order valence-corrected chi connectivity index (χ1v) is 5.87. The lowest BCUT2D eigenvalue weighted by Gasteiger charge is -2.35. The monoisotopic (exact) mass is 205 g/mol. The van der Waals surface area contributed by atoms with E-state index in [1.165, 1.54) is 24.8 Å². The molecule has 4 atom stereocenters. The third-order valence-electron chi connectivity index (χ3n) is 4.35. The van der Waals surface area contributed by atoms with Crippen molar-refractivity contribution in [3.63, 3.8) is 0 Å². The lowest BCUT2D eigenvalue weighted by molar-refractivity contribution is 0.151. The van der Waals surface area contributed by atoms with Gasteiger partial charge >= 0.3 is 0 Å². The Bertz CT molecular complexity index is 331. The molecule has 3 nitrogen and oxygen atoms in total. The maximum Gasteiger partial charge on any atom is 0.0470 e. The lowest BCUT2D eigenvalue weighted by Crippen LogP contribution is -2.44. The average Bonchev–Trinajstić information content (AvgIpc) is 2.93. The van der Waals surface area contributed by atoms with Crippen LogP contribution in [0.25, 0.3) is 0 Å². The number of hydrogen-bond acceptors (Lipinski definition) is 2. The van der Waals surface area contributed by atoms with Crippen molar-refractivity contribution in [2.75, 3.05) is 7.05 Å². The summed E-state index contributed by atoms with van der Waals surface area (Å²) in [6.45, 7) is 0. The van der Waals surface area contributed by atoms with Crippen molar-refractivity contribution in [1.29, 1.82) is 0 Å². The Labute approximate surface area is 90.6 Å². The maximum absolute atomic E-state index is 6.36. The fourth-order valence-corrected chi connectivity index (χ4v) is 3.54. The summed E-state index contributed by atoms with van der Waals surface area (Å²) >= 11 is 0. The Morgan fingerprint density at radius 1 is 1.53 bits per heavy atom. The fraction of sp³-hybridized carbons (Fsp3) is 0.667. The second-order valence-electron chi connectivity index (χ2n) is 5.05. The SMILES string of the molecule is CN1C2CCC(C2)C1C(N)c1cc[nH]c1. The number of likely N-dealkylation sites (tertiary alicyclic amines) is 1. The van der Waals surface area contributed by atoms with E-state index in [-0.39, 0.29) is 6.04 Å². The Kier molecular flexibility index (Phi) is 2.11. The number of rotatable bonds is 2. The zero-order valence-electron chi connectivity index (χ0n) is 9.19. The van der Waals surface area contributed by atoms with Gasteiger partial charge in [0.15, 0.2) is 0 Å². The minimum atomic E-state index is 0.177. The molecule has 1 aromatic rings. The number of nitrogens with one attached hydrogen (secondary N) is 1. The van der Waals surface area contributed by atoms with E-state index in [2.05, 4.69) is 23.0 Å². The molecule has 2 bridgehead atoms. The number of fused-ring (bicyclic) bond motifs is 2. The number of aromatic nitrogens is 1. The van der Waals surface area contributed by atoms with E-state index in [1.54, 1.807) is 0 Å². The van der Waals surface area contributed by atoms with Gasteiger partial charge in [0.1, 0.15) is 0 Å². The van der Waals surface area contributed by atoms with Crippen molar-refractivity contribution in [3.05, 3.63) is 24.0 Å². The number of likely N-dealkylation sites (N-methyl/N-ethyl adjacent to an activating group) is 1. The van der Waals surface area contributed by atoms with Crippen LogP contribution in [0.1, 0.15) is 30.9 Å². The largest absolute Gasteiger partial charge is 0.367 e. The van der Waals surface area contributed by atoms with Gasteiger partial charge in [0.25, 0.3) is 0 Å². The summed E-state index contributed by atoms with van der Waals surface area (Å²) in [5.74, 6) is 0.824. The molecule has 1 saturated carbocycles. The minimum Gasteiger partial charge on any atom is -0.367 e. The van der Waals surface area contributed by atoms with Gasteiger partial charge in [0.05, 0.1) is 0 Å². The highest BCUT2D eigenvalue weighted by Gasteiger charge is 2.46. The second-order valence-corrected chi connectivity index (χ2v) is 5.05. The van der Waals surface area contributed by atoms with Gasteiger partial charge in [0, 0.05) is 30.5 Å². The van der Waals surface area contributed by atoms with Gasteiger partial charge in [-0.2, -0.15) is 0 Å². The molecule has 1 aliphatic heterocycles. The summed E-state index contributed by atoms with van der Waals surface area (Å²) < 4.78 is 0. The van der Waals surface area contributed by atoms with E-state index in [4.69, 9.17) is 5.73 Å². The summed E-state index contributed by atoms with van der Waals surface area (Å²) in [6.07, 6.45) is 8.10. The first-order chi connectivity index (χ1) is 7.27. The summed E-state index contributed by atoms with van der Waals surface area (Å²) in [4.78, 5) is 5.60. The maximum atomic E-state index is 6.36. The molecule has 3 rings (SSSR count). The van der Waals surface area contributed by atoms with Crippen molar-refractivity contribution in [2.45, 2.75) is 37.4 Å². The van der Waals surface area contributed by atoms with E-state index in [0.29, 0.717) is 6.04 Å². The Morgan fingerprint density at radius 2 is 2.40 bits per heavy atom. The highest BCUT2D eigenvalue weighted by atomic mass is 15.2. The summed E-state index contributed by atoms with van der Waals surface area (Å²) in [7, 11) is 2.24. The van der Waals surface area contributed by atoms with Crippen LogP contribution in [0.2, 0.25) is 0 Å². The average molecular weight is 205 g/mol. The van der Waals surface area contributed by atoms with Crippen LogP contribution >= 0.6 is 0 Å². The molecule has 15 heavy (non-hydrogen) atoms. The van der Waals surface area contributed by atoms with Crippen LogP contribution in [0.5, 0.6) is 0 Å². The molecule has 4 unspecified atom stereocenters. The molecule has 2 heterocycles. The molecule has 0 aromatic carbocycles. The number of hydrogen-bond donors (Lipinski definition) is 2. The molecular formula is C12H19N3. The molecule has 0 spiro atoms. The van der Waals surface area contributed by atoms with E-state index in [0.717, 1.165) is 12.0 Å². The van der Waals surface area contributed by atoms with Crippen molar-refractivity contribution in [1.82, 2.24) is 9.88 Å². The molecule has 1 aromatic heterocycles. The number of piperidine rings is 1. The molecule has 2 fully saturated rings. The van der Waals surface area contributed by atoms with Crippen LogP contribution in [0.4, 0.5) is 0 Å². The summed E-state index contributed by atoms with van der Waals surface area (Å²) in [5.41, 5.74) is 7.61. The Morgan fingerprint density at radius 3 is 3.00 bits per heavy atom. The lowest BCUT2D eigenvalue weighted by atomic mass is 9.90. The molecule has 2 aliphatic rings. The minimum absolute atomic E-state index is 0.177. The van der Waals surface area contributed by atoms with Crippen molar-refractivity contribution in [2.24, 2.45) is 11.7 Å². The highest BCUT2D eigenvalue weighted by molar-refractivity contribution is 5.18. The summed E-state index contributed by atoms with van der Waals surface area (Å²) in [6, 6.07) is 3.63. The first kappa shape index (κ1) is 9.43. The van der Waals surface area contributed by atoms with E-state index >= 15 is 0 Å². The predicted molar refractivity (Wildman–Crippen MR) is 60.4 cm³/mol. The van der Waals surface area contributed by atoms with Crippen LogP contribution in [0.15, 0.2) is 18.5 Å². The van der Waals surface area contributed by atoms with Crippen molar-refractivity contribution >= 4 is 0 Å². The molecule has 3 N–H and O–H groups in total. The Balaban J connectivity index is 1.83. The van der Waals surface area contributed by atoms with Crippen molar-refractivity contribution in [3.8, 4) is 0 Å². The highest BCUT2D eigenvalue weighted by Crippen LogP contribution is 2.44. The number of aromatic amines is 1. The van der Waals surface area contributed by atoms with Crippen molar-refractivity contribution < 1.29 is 0 Å². The van der Waals surface area contributed by atoms with Gasteiger partial charge in [-0.15, -0.1) is 0 Å². The van der Waals surface area contributed by atoms with E-state index in [9.17, 15) is 0 Å². The fourth-order valence-electron chi connectivity index (χ4n) is 3.54. The first-order valence-electron chi connectivity index (χ1n) is 5.87. The van der Waals surface area contributed by atoms with Gasteiger partial charge in [-0.25, -0.2) is 0 Å². The van der Waals surface area contributed by atoms with Gasteiger partial charge in [-0.1, -0.05) is 0 Å². The number of nitrogens with zero attached hydrogens (tertiary/aromatic N) is 1. The van der Waals surface area contributed by atoms with Crippen LogP contribution in [0, 0.1) is 5.92 Å². The van der Waals surface area contributed by atoms with Gasteiger partial charge < -0.3 is 10.7 Å².